The molecular weight excluding hydrogens is 272 g/mol. The summed E-state index contributed by atoms with van der Waals surface area (Å²) in [4.78, 5) is 20.3. The highest BCUT2D eigenvalue weighted by Gasteiger charge is 2.17. The molecule has 0 bridgehead atoms. The average molecular weight is 286 g/mol. The Balaban J connectivity index is 2.02. The molecule has 0 unspecified atom stereocenters. The van der Waals surface area contributed by atoms with Gasteiger partial charge in [-0.05, 0) is 31.4 Å². The SMILES string of the molecule is CCOC(=O)c1nc(-c2cc3ccccc3s2)[nH]c1C. The summed E-state index contributed by atoms with van der Waals surface area (Å²) in [5.41, 5.74) is 1.09. The van der Waals surface area contributed by atoms with E-state index < -0.39 is 0 Å². The first-order valence-corrected chi connectivity index (χ1v) is 7.23. The Kier molecular flexibility index (Phi) is 3.28. The van der Waals surface area contributed by atoms with Gasteiger partial charge in [-0.25, -0.2) is 9.78 Å². The lowest BCUT2D eigenvalue weighted by molar-refractivity contribution is 0.0519. The van der Waals surface area contributed by atoms with Crippen LogP contribution in [0.1, 0.15) is 23.1 Å². The Labute approximate surface area is 120 Å². The van der Waals surface area contributed by atoms with Crippen molar-refractivity contribution in [2.45, 2.75) is 13.8 Å². The van der Waals surface area contributed by atoms with Crippen molar-refractivity contribution < 1.29 is 9.53 Å². The van der Waals surface area contributed by atoms with Crippen LogP contribution in [-0.2, 0) is 4.74 Å². The number of esters is 1. The second-order valence-corrected chi connectivity index (χ2v) is 5.51. The van der Waals surface area contributed by atoms with Gasteiger partial charge < -0.3 is 9.72 Å². The van der Waals surface area contributed by atoms with Crippen LogP contribution in [0.4, 0.5) is 0 Å². The third-order valence-corrected chi connectivity index (χ3v) is 4.14. The fourth-order valence-corrected chi connectivity index (χ4v) is 3.08. The summed E-state index contributed by atoms with van der Waals surface area (Å²) in [6.07, 6.45) is 0. The van der Waals surface area contributed by atoms with E-state index in [1.807, 2.05) is 19.1 Å². The zero-order valence-electron chi connectivity index (χ0n) is 11.3. The van der Waals surface area contributed by atoms with Crippen molar-refractivity contribution in [2.24, 2.45) is 0 Å². The Morgan fingerprint density at radius 3 is 2.95 bits per heavy atom. The highest BCUT2D eigenvalue weighted by atomic mass is 32.1. The second kappa shape index (κ2) is 5.09. The van der Waals surface area contributed by atoms with E-state index in [4.69, 9.17) is 4.74 Å². The Morgan fingerprint density at radius 1 is 1.40 bits per heavy atom. The van der Waals surface area contributed by atoms with Crippen molar-refractivity contribution in [2.75, 3.05) is 6.61 Å². The summed E-state index contributed by atoms with van der Waals surface area (Å²) in [6.45, 7) is 3.96. The zero-order chi connectivity index (χ0) is 14.1. The molecule has 102 valence electrons. The number of imidazole rings is 1. The molecule has 3 aromatic rings. The third-order valence-electron chi connectivity index (χ3n) is 3.01. The van der Waals surface area contributed by atoms with Gasteiger partial charge >= 0.3 is 5.97 Å². The van der Waals surface area contributed by atoms with Crippen LogP contribution in [0.25, 0.3) is 20.8 Å². The minimum absolute atomic E-state index is 0.351. The van der Waals surface area contributed by atoms with Gasteiger partial charge in [0, 0.05) is 10.4 Å². The highest BCUT2D eigenvalue weighted by Crippen LogP contribution is 2.32. The first kappa shape index (κ1) is 12.9. The molecule has 0 fully saturated rings. The second-order valence-electron chi connectivity index (χ2n) is 4.43. The topological polar surface area (TPSA) is 55.0 Å². The van der Waals surface area contributed by atoms with Gasteiger partial charge in [0.15, 0.2) is 5.69 Å². The summed E-state index contributed by atoms with van der Waals surface area (Å²) >= 11 is 1.65. The van der Waals surface area contributed by atoms with E-state index in [9.17, 15) is 4.79 Å². The number of carbonyl (C=O) groups excluding carboxylic acids is 1. The molecule has 0 amide bonds. The number of nitrogens with zero attached hydrogens (tertiary/aromatic N) is 1. The minimum Gasteiger partial charge on any atom is -0.461 e. The van der Waals surface area contributed by atoms with Crippen molar-refractivity contribution >= 4 is 27.4 Å². The van der Waals surface area contributed by atoms with E-state index in [0.29, 0.717) is 18.1 Å². The molecule has 2 heterocycles. The normalized spacial score (nSPS) is 10.9. The lowest BCUT2D eigenvalue weighted by Crippen LogP contribution is -2.06. The molecular formula is C15H14N2O2S. The first-order valence-electron chi connectivity index (χ1n) is 6.41. The molecule has 0 spiro atoms. The van der Waals surface area contributed by atoms with E-state index >= 15 is 0 Å². The maximum Gasteiger partial charge on any atom is 0.358 e. The molecule has 0 saturated heterocycles. The molecule has 0 aliphatic heterocycles. The van der Waals surface area contributed by atoms with E-state index in [0.717, 1.165) is 10.6 Å². The number of carbonyl (C=O) groups is 1. The molecule has 0 aliphatic carbocycles. The molecule has 1 N–H and O–H groups in total. The van der Waals surface area contributed by atoms with Crippen LogP contribution in [-0.4, -0.2) is 22.5 Å². The quantitative estimate of drug-likeness (QED) is 0.745. The van der Waals surface area contributed by atoms with Gasteiger partial charge in [-0.15, -0.1) is 11.3 Å². The van der Waals surface area contributed by atoms with E-state index in [1.54, 1.807) is 18.3 Å². The van der Waals surface area contributed by atoms with Gasteiger partial charge in [0.05, 0.1) is 11.5 Å². The summed E-state index contributed by atoms with van der Waals surface area (Å²) in [5.74, 6) is 0.334. The first-order chi connectivity index (χ1) is 9.69. The van der Waals surface area contributed by atoms with Gasteiger partial charge in [0.1, 0.15) is 5.82 Å². The van der Waals surface area contributed by atoms with E-state index in [2.05, 4.69) is 28.2 Å². The predicted molar refractivity (Wildman–Crippen MR) is 80.1 cm³/mol. The maximum absolute atomic E-state index is 11.8. The van der Waals surface area contributed by atoms with Crippen LogP contribution in [0.15, 0.2) is 30.3 Å². The van der Waals surface area contributed by atoms with Crippen LogP contribution in [0.5, 0.6) is 0 Å². The Bertz CT molecular complexity index is 740. The maximum atomic E-state index is 11.8. The molecule has 0 atom stereocenters. The molecule has 2 aromatic heterocycles. The van der Waals surface area contributed by atoms with Gasteiger partial charge in [0.2, 0.25) is 0 Å². The number of benzene rings is 1. The van der Waals surface area contributed by atoms with Crippen molar-refractivity contribution in [3.63, 3.8) is 0 Å². The van der Waals surface area contributed by atoms with Gasteiger partial charge in [-0.2, -0.15) is 0 Å². The molecule has 3 rings (SSSR count). The number of aromatic nitrogens is 2. The molecule has 0 saturated carbocycles. The van der Waals surface area contributed by atoms with E-state index in [1.165, 1.54) is 10.1 Å². The smallest absolute Gasteiger partial charge is 0.358 e. The summed E-state index contributed by atoms with van der Waals surface area (Å²) < 4.78 is 6.20. The fraction of sp³-hybridized carbons (Fsp3) is 0.200. The van der Waals surface area contributed by atoms with Crippen LogP contribution in [0.2, 0.25) is 0 Å². The number of thiophene rings is 1. The van der Waals surface area contributed by atoms with Crippen LogP contribution in [0.3, 0.4) is 0 Å². The number of nitrogens with one attached hydrogen (secondary N) is 1. The molecule has 0 aliphatic rings. The standard InChI is InChI=1S/C15H14N2O2S/c1-3-19-15(18)13-9(2)16-14(17-13)12-8-10-6-4-5-7-11(10)20-12/h4-8H,3H2,1-2H3,(H,16,17). The molecule has 5 heteroatoms. The summed E-state index contributed by atoms with van der Waals surface area (Å²) in [5, 5.41) is 1.18. The monoisotopic (exact) mass is 286 g/mol. The number of fused-ring (bicyclic) bond motifs is 1. The van der Waals surface area contributed by atoms with Crippen LogP contribution < -0.4 is 0 Å². The number of hydrogen-bond acceptors (Lipinski definition) is 4. The van der Waals surface area contributed by atoms with Gasteiger partial charge in [-0.1, -0.05) is 18.2 Å². The van der Waals surface area contributed by atoms with Crippen LogP contribution in [0, 0.1) is 6.92 Å². The number of aryl methyl sites for hydroxylation is 1. The molecule has 4 nitrogen and oxygen atoms in total. The lowest BCUT2D eigenvalue weighted by Gasteiger charge is -1.97. The largest absolute Gasteiger partial charge is 0.461 e. The van der Waals surface area contributed by atoms with Crippen molar-refractivity contribution in [3.8, 4) is 10.7 Å². The fourth-order valence-electron chi connectivity index (χ4n) is 2.07. The Hall–Kier alpha value is -2.14. The predicted octanol–water partition coefficient (Wildman–Crippen LogP) is 3.78. The molecule has 1 aromatic carbocycles. The van der Waals surface area contributed by atoms with Gasteiger partial charge in [-0.3, -0.25) is 0 Å². The van der Waals surface area contributed by atoms with Crippen LogP contribution >= 0.6 is 11.3 Å². The van der Waals surface area contributed by atoms with Crippen molar-refractivity contribution in [1.82, 2.24) is 9.97 Å². The zero-order valence-corrected chi connectivity index (χ0v) is 12.1. The summed E-state index contributed by atoms with van der Waals surface area (Å²) in [6, 6.07) is 10.2. The Morgan fingerprint density at radius 2 is 2.20 bits per heavy atom. The molecule has 0 radical (unpaired) electrons. The number of rotatable bonds is 3. The third kappa shape index (κ3) is 2.20. The van der Waals surface area contributed by atoms with Gasteiger partial charge in [0.25, 0.3) is 0 Å². The molecule has 20 heavy (non-hydrogen) atoms. The number of hydrogen-bond donors (Lipinski definition) is 1. The van der Waals surface area contributed by atoms with Crippen molar-refractivity contribution in [1.29, 1.82) is 0 Å². The van der Waals surface area contributed by atoms with Crippen molar-refractivity contribution in [3.05, 3.63) is 41.7 Å². The number of ether oxygens (including phenoxy) is 1. The average Bonchev–Trinajstić information content (AvgIpc) is 3.02. The highest BCUT2D eigenvalue weighted by molar-refractivity contribution is 7.22. The summed E-state index contributed by atoms with van der Waals surface area (Å²) in [7, 11) is 0. The number of H-pyrrole nitrogens is 1. The minimum atomic E-state index is -0.381. The lowest BCUT2D eigenvalue weighted by atomic mass is 10.2. The van der Waals surface area contributed by atoms with E-state index in [-0.39, 0.29) is 5.97 Å². The number of aromatic amines is 1.